The quantitative estimate of drug-likeness (QED) is 0.775. The number of hydrogen-bond acceptors (Lipinski definition) is 5. The van der Waals surface area contributed by atoms with E-state index >= 15 is 0 Å². The first-order chi connectivity index (χ1) is 12.8. The van der Waals surface area contributed by atoms with E-state index in [1.807, 2.05) is 6.92 Å². The van der Waals surface area contributed by atoms with Gasteiger partial charge in [-0.05, 0) is 50.7 Å². The van der Waals surface area contributed by atoms with Crippen LogP contribution in [-0.4, -0.2) is 61.8 Å². The number of nitrogens with zero attached hydrogens (tertiary/aromatic N) is 2. The summed E-state index contributed by atoms with van der Waals surface area (Å²) in [6, 6.07) is 3.19. The summed E-state index contributed by atoms with van der Waals surface area (Å²) in [6.45, 7) is 6.04. The van der Waals surface area contributed by atoms with E-state index in [0.717, 1.165) is 30.1 Å². The molecule has 1 aliphatic heterocycles. The second-order valence-corrected chi connectivity index (χ2v) is 11.5. The number of halogens is 1. The summed E-state index contributed by atoms with van der Waals surface area (Å²) in [5.41, 5.74) is 0. The van der Waals surface area contributed by atoms with Gasteiger partial charge in [-0.3, -0.25) is 9.69 Å². The van der Waals surface area contributed by atoms with Crippen molar-refractivity contribution < 1.29 is 13.2 Å². The average molecular weight is 434 g/mol. The van der Waals surface area contributed by atoms with E-state index in [9.17, 15) is 13.2 Å². The van der Waals surface area contributed by atoms with Gasteiger partial charge in [0.2, 0.25) is 5.91 Å². The van der Waals surface area contributed by atoms with Crippen LogP contribution in [0.15, 0.2) is 16.3 Å². The lowest BCUT2D eigenvalue weighted by Crippen LogP contribution is -2.55. The molecular formula is C18H28ClN3O3S2. The predicted octanol–water partition coefficient (Wildman–Crippen LogP) is 2.79. The Morgan fingerprint density at radius 2 is 1.81 bits per heavy atom. The molecular weight excluding hydrogens is 406 g/mol. The van der Waals surface area contributed by atoms with Gasteiger partial charge >= 0.3 is 0 Å². The van der Waals surface area contributed by atoms with Crippen molar-refractivity contribution in [3.05, 3.63) is 16.5 Å². The molecule has 3 rings (SSSR count). The highest BCUT2D eigenvalue weighted by molar-refractivity contribution is 7.91. The minimum absolute atomic E-state index is 0.0518. The first kappa shape index (κ1) is 21.0. The number of carbonyl (C=O) groups is 1. The van der Waals surface area contributed by atoms with Gasteiger partial charge < -0.3 is 5.32 Å². The molecule has 1 N–H and O–H groups in total. The maximum Gasteiger partial charge on any atom is 0.252 e. The number of thiophene rings is 1. The molecule has 6 nitrogen and oxygen atoms in total. The summed E-state index contributed by atoms with van der Waals surface area (Å²) in [6.07, 6.45) is 4.44. The van der Waals surface area contributed by atoms with Crippen molar-refractivity contribution in [2.75, 3.05) is 26.2 Å². The Bertz CT molecular complexity index is 752. The van der Waals surface area contributed by atoms with Crippen LogP contribution in [0.2, 0.25) is 4.34 Å². The van der Waals surface area contributed by atoms with Crippen LogP contribution in [0.4, 0.5) is 0 Å². The summed E-state index contributed by atoms with van der Waals surface area (Å²) < 4.78 is 27.6. The molecule has 1 saturated heterocycles. The topological polar surface area (TPSA) is 69.7 Å². The van der Waals surface area contributed by atoms with Crippen molar-refractivity contribution in [2.24, 2.45) is 5.92 Å². The second-order valence-electron chi connectivity index (χ2n) is 7.64. The third kappa shape index (κ3) is 5.03. The third-order valence-electron chi connectivity index (χ3n) is 5.71. The molecule has 1 aromatic rings. The van der Waals surface area contributed by atoms with Crippen LogP contribution < -0.4 is 5.32 Å². The lowest BCUT2D eigenvalue weighted by molar-refractivity contribution is -0.127. The average Bonchev–Trinajstić information content (AvgIpc) is 3.10. The van der Waals surface area contributed by atoms with Crippen LogP contribution in [0.3, 0.4) is 0 Å². The molecule has 1 aliphatic carbocycles. The van der Waals surface area contributed by atoms with Gasteiger partial charge in [-0.25, -0.2) is 8.42 Å². The van der Waals surface area contributed by atoms with E-state index in [0.29, 0.717) is 30.5 Å². The van der Waals surface area contributed by atoms with Crippen LogP contribution in [0.1, 0.15) is 39.5 Å². The largest absolute Gasteiger partial charge is 0.352 e. The standard InChI is InChI=1S/C18H28ClN3O3S2/c1-13-3-5-15(6-4-13)20-18(23)14(2)21-9-11-22(12-10-21)27(24,25)17-8-7-16(19)26-17/h7-8,13-15H,3-6,9-12H2,1-2H3,(H,20,23). The number of hydrogen-bond donors (Lipinski definition) is 1. The van der Waals surface area contributed by atoms with E-state index in [1.54, 1.807) is 12.1 Å². The van der Waals surface area contributed by atoms with Gasteiger partial charge in [-0.15, -0.1) is 11.3 Å². The monoisotopic (exact) mass is 433 g/mol. The Labute approximate surface area is 170 Å². The number of carbonyl (C=O) groups excluding carboxylic acids is 1. The van der Waals surface area contributed by atoms with Gasteiger partial charge in [0.05, 0.1) is 10.4 Å². The van der Waals surface area contributed by atoms with Gasteiger partial charge in [0.15, 0.2) is 0 Å². The van der Waals surface area contributed by atoms with Gasteiger partial charge in [0, 0.05) is 32.2 Å². The molecule has 0 radical (unpaired) electrons. The lowest BCUT2D eigenvalue weighted by Gasteiger charge is -2.37. The molecule has 1 saturated carbocycles. The Morgan fingerprint density at radius 3 is 2.37 bits per heavy atom. The van der Waals surface area contributed by atoms with Crippen LogP contribution in [0.25, 0.3) is 0 Å². The molecule has 2 fully saturated rings. The Hall–Kier alpha value is -0.670. The molecule has 2 aliphatic rings. The second kappa shape index (κ2) is 8.78. The fraction of sp³-hybridized carbons (Fsp3) is 0.722. The summed E-state index contributed by atoms with van der Waals surface area (Å²) in [5, 5.41) is 3.18. The van der Waals surface area contributed by atoms with E-state index in [2.05, 4.69) is 17.1 Å². The van der Waals surface area contributed by atoms with E-state index in [4.69, 9.17) is 11.6 Å². The number of rotatable bonds is 5. The predicted molar refractivity (Wildman–Crippen MR) is 109 cm³/mol. The van der Waals surface area contributed by atoms with Crippen molar-refractivity contribution in [2.45, 2.75) is 55.8 Å². The molecule has 1 atom stereocenters. The summed E-state index contributed by atoms with van der Waals surface area (Å²) in [5.74, 6) is 0.805. The van der Waals surface area contributed by atoms with Crippen molar-refractivity contribution >= 4 is 38.9 Å². The smallest absolute Gasteiger partial charge is 0.252 e. The molecule has 1 aromatic heterocycles. The van der Waals surface area contributed by atoms with Crippen LogP contribution in [-0.2, 0) is 14.8 Å². The first-order valence-corrected chi connectivity index (χ1v) is 12.2. The Balaban J connectivity index is 1.51. The highest BCUT2D eigenvalue weighted by Crippen LogP contribution is 2.29. The molecule has 9 heteroatoms. The minimum atomic E-state index is -3.50. The van der Waals surface area contributed by atoms with Crippen LogP contribution in [0.5, 0.6) is 0 Å². The molecule has 0 spiro atoms. The number of piperazine rings is 1. The minimum Gasteiger partial charge on any atom is -0.352 e. The molecule has 152 valence electrons. The number of sulfonamides is 1. The number of amides is 1. The Morgan fingerprint density at radius 1 is 1.19 bits per heavy atom. The molecule has 1 unspecified atom stereocenters. The SMILES string of the molecule is CC1CCC(NC(=O)C(C)N2CCN(S(=O)(=O)c3ccc(Cl)s3)CC2)CC1. The molecule has 27 heavy (non-hydrogen) atoms. The molecule has 1 amide bonds. The van der Waals surface area contributed by atoms with Crippen molar-refractivity contribution in [1.82, 2.24) is 14.5 Å². The zero-order chi connectivity index (χ0) is 19.6. The maximum atomic E-state index is 12.7. The van der Waals surface area contributed by atoms with Crippen LogP contribution >= 0.6 is 22.9 Å². The lowest BCUT2D eigenvalue weighted by atomic mass is 9.87. The normalized spacial score (nSPS) is 26.6. The van der Waals surface area contributed by atoms with E-state index in [-0.39, 0.29) is 22.2 Å². The van der Waals surface area contributed by atoms with Crippen LogP contribution in [0, 0.1) is 5.92 Å². The highest BCUT2D eigenvalue weighted by Gasteiger charge is 2.33. The summed E-state index contributed by atoms with van der Waals surface area (Å²) in [7, 11) is -3.50. The van der Waals surface area contributed by atoms with Crippen molar-refractivity contribution in [1.29, 1.82) is 0 Å². The molecule has 0 aromatic carbocycles. The molecule has 0 bridgehead atoms. The maximum absolute atomic E-state index is 12.7. The van der Waals surface area contributed by atoms with Crippen molar-refractivity contribution in [3.8, 4) is 0 Å². The summed E-state index contributed by atoms with van der Waals surface area (Å²) in [4.78, 5) is 14.7. The van der Waals surface area contributed by atoms with Gasteiger partial charge in [-0.2, -0.15) is 4.31 Å². The number of nitrogens with one attached hydrogen (secondary N) is 1. The Kier molecular flexibility index (Phi) is 6.84. The first-order valence-electron chi connectivity index (χ1n) is 9.57. The van der Waals surface area contributed by atoms with Crippen molar-refractivity contribution in [3.63, 3.8) is 0 Å². The highest BCUT2D eigenvalue weighted by atomic mass is 35.5. The fourth-order valence-electron chi connectivity index (χ4n) is 3.79. The van der Waals surface area contributed by atoms with Gasteiger partial charge in [0.25, 0.3) is 10.0 Å². The summed E-state index contributed by atoms with van der Waals surface area (Å²) >= 11 is 6.95. The third-order valence-corrected chi connectivity index (χ3v) is 9.30. The fourth-order valence-corrected chi connectivity index (χ4v) is 6.85. The van der Waals surface area contributed by atoms with E-state index in [1.165, 1.54) is 17.1 Å². The zero-order valence-electron chi connectivity index (χ0n) is 15.9. The zero-order valence-corrected chi connectivity index (χ0v) is 18.2. The van der Waals surface area contributed by atoms with Gasteiger partial charge in [0.1, 0.15) is 4.21 Å². The van der Waals surface area contributed by atoms with E-state index < -0.39 is 10.0 Å². The van der Waals surface area contributed by atoms with Gasteiger partial charge in [-0.1, -0.05) is 18.5 Å². The molecule has 2 heterocycles.